The molecule has 3 N–H and O–H groups in total. The molecule has 0 aliphatic rings. The number of H-pyrrole nitrogens is 1. The Labute approximate surface area is 124 Å². The molecule has 0 spiro atoms. The number of halogens is 3. The molecule has 0 aliphatic carbocycles. The highest BCUT2D eigenvalue weighted by atomic mass is 35.5. The number of hydrogen-bond donors (Lipinski definition) is 2. The van der Waals surface area contributed by atoms with Gasteiger partial charge in [0.15, 0.2) is 5.82 Å². The second-order valence-corrected chi connectivity index (χ2v) is 4.90. The van der Waals surface area contributed by atoms with E-state index in [-0.39, 0.29) is 22.0 Å². The molecule has 21 heavy (non-hydrogen) atoms. The molecule has 3 rings (SSSR count). The summed E-state index contributed by atoms with van der Waals surface area (Å²) in [5, 5.41) is 6.79. The van der Waals surface area contributed by atoms with Crippen LogP contribution in [0.3, 0.4) is 0 Å². The molecular weight excluding hydrogens is 296 g/mol. The standard InChI is InChI=1S/C15H10ClF2N3/c16-8-5-6-10(12(18)7-8)14-13(15(19)21-20-14)9-3-1-2-4-11(9)17/h1-7H,(H3,19,20,21). The molecule has 3 aromatic rings. The fourth-order valence-corrected chi connectivity index (χ4v) is 2.34. The topological polar surface area (TPSA) is 54.7 Å². The molecule has 2 aromatic carbocycles. The summed E-state index contributed by atoms with van der Waals surface area (Å²) in [7, 11) is 0. The van der Waals surface area contributed by atoms with Crippen molar-refractivity contribution in [2.24, 2.45) is 0 Å². The lowest BCUT2D eigenvalue weighted by Crippen LogP contribution is -1.92. The molecule has 0 bridgehead atoms. The first-order chi connectivity index (χ1) is 10.1. The maximum atomic E-state index is 14.1. The summed E-state index contributed by atoms with van der Waals surface area (Å²) in [5.74, 6) is -0.894. The van der Waals surface area contributed by atoms with Crippen LogP contribution in [0.5, 0.6) is 0 Å². The fourth-order valence-electron chi connectivity index (χ4n) is 2.18. The number of nitrogens with zero attached hydrogens (tertiary/aromatic N) is 1. The molecule has 3 nitrogen and oxygen atoms in total. The first kappa shape index (κ1) is 13.6. The van der Waals surface area contributed by atoms with Crippen LogP contribution in [0.2, 0.25) is 5.02 Å². The smallest absolute Gasteiger partial charge is 0.153 e. The molecule has 1 aromatic heterocycles. The minimum atomic E-state index is -0.538. The van der Waals surface area contributed by atoms with Crippen molar-refractivity contribution in [3.05, 3.63) is 59.1 Å². The maximum absolute atomic E-state index is 14.1. The third-order valence-electron chi connectivity index (χ3n) is 3.14. The van der Waals surface area contributed by atoms with Crippen LogP contribution in [0, 0.1) is 11.6 Å². The van der Waals surface area contributed by atoms with Gasteiger partial charge in [0.25, 0.3) is 0 Å². The summed E-state index contributed by atoms with van der Waals surface area (Å²) < 4.78 is 28.1. The Morgan fingerprint density at radius 2 is 1.76 bits per heavy atom. The largest absolute Gasteiger partial charge is 0.382 e. The van der Waals surface area contributed by atoms with E-state index in [2.05, 4.69) is 10.2 Å². The number of hydrogen-bond acceptors (Lipinski definition) is 2. The van der Waals surface area contributed by atoms with Crippen molar-refractivity contribution < 1.29 is 8.78 Å². The number of aromatic nitrogens is 2. The minimum Gasteiger partial charge on any atom is -0.382 e. The van der Waals surface area contributed by atoms with E-state index >= 15 is 0 Å². The molecule has 6 heteroatoms. The van der Waals surface area contributed by atoms with Gasteiger partial charge in [-0.15, -0.1) is 0 Å². The van der Waals surface area contributed by atoms with Crippen molar-refractivity contribution in [3.8, 4) is 22.4 Å². The zero-order valence-electron chi connectivity index (χ0n) is 10.7. The van der Waals surface area contributed by atoms with Crippen LogP contribution in [-0.4, -0.2) is 10.2 Å². The summed E-state index contributed by atoms with van der Waals surface area (Å²) in [6, 6.07) is 10.3. The molecular formula is C15H10ClF2N3. The van der Waals surface area contributed by atoms with Crippen LogP contribution in [-0.2, 0) is 0 Å². The third-order valence-corrected chi connectivity index (χ3v) is 3.37. The molecule has 106 valence electrons. The van der Waals surface area contributed by atoms with Crippen LogP contribution in [0.1, 0.15) is 0 Å². The number of nitrogen functional groups attached to an aromatic ring is 1. The van der Waals surface area contributed by atoms with Gasteiger partial charge in [0.05, 0.1) is 11.3 Å². The van der Waals surface area contributed by atoms with Crippen molar-refractivity contribution in [2.75, 3.05) is 5.73 Å². The van der Waals surface area contributed by atoms with E-state index < -0.39 is 11.6 Å². The van der Waals surface area contributed by atoms with E-state index in [1.807, 2.05) is 0 Å². The van der Waals surface area contributed by atoms with Crippen LogP contribution in [0.4, 0.5) is 14.6 Å². The SMILES string of the molecule is Nc1n[nH]c(-c2ccc(Cl)cc2F)c1-c1ccccc1F. The van der Waals surface area contributed by atoms with Gasteiger partial charge in [-0.25, -0.2) is 8.78 Å². The predicted octanol–water partition coefficient (Wildman–Crippen LogP) is 4.26. The molecule has 0 aliphatic heterocycles. The lowest BCUT2D eigenvalue weighted by molar-refractivity contribution is 0.629. The van der Waals surface area contributed by atoms with Crippen molar-refractivity contribution in [3.63, 3.8) is 0 Å². The Morgan fingerprint density at radius 1 is 1.00 bits per heavy atom. The number of anilines is 1. The van der Waals surface area contributed by atoms with E-state index in [1.54, 1.807) is 24.3 Å². The molecule has 0 unspecified atom stereocenters. The number of rotatable bonds is 2. The molecule has 0 atom stereocenters. The van der Waals surface area contributed by atoms with Gasteiger partial charge in [0, 0.05) is 16.1 Å². The Hall–Kier alpha value is -2.40. The summed E-state index contributed by atoms with van der Waals surface area (Å²) >= 11 is 5.74. The van der Waals surface area contributed by atoms with Crippen LogP contribution < -0.4 is 5.73 Å². The Bertz CT molecular complexity index is 814. The highest BCUT2D eigenvalue weighted by Gasteiger charge is 2.19. The number of nitrogens with one attached hydrogen (secondary N) is 1. The molecule has 0 amide bonds. The van der Waals surface area contributed by atoms with Gasteiger partial charge >= 0.3 is 0 Å². The second-order valence-electron chi connectivity index (χ2n) is 4.46. The van der Waals surface area contributed by atoms with Crippen molar-refractivity contribution in [2.45, 2.75) is 0 Å². The molecule has 0 saturated carbocycles. The van der Waals surface area contributed by atoms with Crippen molar-refractivity contribution in [1.29, 1.82) is 0 Å². The van der Waals surface area contributed by atoms with E-state index in [0.717, 1.165) is 0 Å². The average Bonchev–Trinajstić information content (AvgIpc) is 2.81. The summed E-state index contributed by atoms with van der Waals surface area (Å²) in [6.07, 6.45) is 0. The van der Waals surface area contributed by atoms with Gasteiger partial charge in [-0.1, -0.05) is 29.8 Å². The Balaban J connectivity index is 2.25. The molecule has 0 saturated heterocycles. The maximum Gasteiger partial charge on any atom is 0.153 e. The van der Waals surface area contributed by atoms with Crippen LogP contribution >= 0.6 is 11.6 Å². The lowest BCUT2D eigenvalue weighted by Gasteiger charge is -2.07. The Morgan fingerprint density at radius 3 is 2.48 bits per heavy atom. The number of aromatic amines is 1. The van der Waals surface area contributed by atoms with Gasteiger partial charge in [0.1, 0.15) is 11.6 Å². The normalized spacial score (nSPS) is 10.8. The summed E-state index contributed by atoms with van der Waals surface area (Å²) in [5.41, 5.74) is 6.92. The first-order valence-corrected chi connectivity index (χ1v) is 6.50. The third kappa shape index (κ3) is 2.36. The zero-order chi connectivity index (χ0) is 15.0. The van der Waals surface area contributed by atoms with Gasteiger partial charge in [-0.3, -0.25) is 5.10 Å². The average molecular weight is 306 g/mol. The van der Waals surface area contributed by atoms with Crippen molar-refractivity contribution in [1.82, 2.24) is 10.2 Å². The van der Waals surface area contributed by atoms with Gasteiger partial charge in [-0.05, 0) is 24.3 Å². The van der Waals surface area contributed by atoms with E-state index in [1.165, 1.54) is 18.2 Å². The molecule has 0 fully saturated rings. The van der Waals surface area contributed by atoms with E-state index in [9.17, 15) is 8.78 Å². The second kappa shape index (κ2) is 5.18. The lowest BCUT2D eigenvalue weighted by atomic mass is 10.00. The monoisotopic (exact) mass is 305 g/mol. The van der Waals surface area contributed by atoms with E-state index in [4.69, 9.17) is 17.3 Å². The summed E-state index contributed by atoms with van der Waals surface area (Å²) in [4.78, 5) is 0. The Kier molecular flexibility index (Phi) is 3.35. The molecule has 1 heterocycles. The highest BCUT2D eigenvalue weighted by molar-refractivity contribution is 6.30. The highest BCUT2D eigenvalue weighted by Crippen LogP contribution is 2.37. The fraction of sp³-hybridized carbons (Fsp3) is 0. The van der Waals surface area contributed by atoms with Crippen molar-refractivity contribution >= 4 is 17.4 Å². The minimum absolute atomic E-state index is 0.101. The number of benzene rings is 2. The van der Waals surface area contributed by atoms with Gasteiger partial charge < -0.3 is 5.73 Å². The van der Waals surface area contributed by atoms with E-state index in [0.29, 0.717) is 11.3 Å². The molecule has 0 radical (unpaired) electrons. The van der Waals surface area contributed by atoms with Crippen LogP contribution in [0.25, 0.3) is 22.4 Å². The van der Waals surface area contributed by atoms with Crippen LogP contribution in [0.15, 0.2) is 42.5 Å². The summed E-state index contributed by atoms with van der Waals surface area (Å²) in [6.45, 7) is 0. The first-order valence-electron chi connectivity index (χ1n) is 6.12. The predicted molar refractivity (Wildman–Crippen MR) is 78.8 cm³/mol. The number of nitrogens with two attached hydrogens (primary N) is 1. The zero-order valence-corrected chi connectivity index (χ0v) is 11.5. The quantitative estimate of drug-likeness (QED) is 0.743. The van der Waals surface area contributed by atoms with Gasteiger partial charge in [0.2, 0.25) is 0 Å². The van der Waals surface area contributed by atoms with Gasteiger partial charge in [-0.2, -0.15) is 5.10 Å².